The van der Waals surface area contributed by atoms with Crippen molar-refractivity contribution >= 4 is 39.4 Å². The van der Waals surface area contributed by atoms with Crippen LogP contribution in [-0.2, 0) is 19.6 Å². The number of anilines is 2. The van der Waals surface area contributed by atoms with Gasteiger partial charge in [-0.2, -0.15) is 5.10 Å². The van der Waals surface area contributed by atoms with E-state index in [4.69, 9.17) is 9.47 Å². The Morgan fingerprint density at radius 3 is 2.19 bits per heavy atom. The molecular weight excluding hydrogens is 568 g/mol. The summed E-state index contributed by atoms with van der Waals surface area (Å²) in [5, 5.41) is 6.73. The maximum absolute atomic E-state index is 13.5. The third kappa shape index (κ3) is 8.20. The number of benzene rings is 4. The van der Waals surface area contributed by atoms with Gasteiger partial charge < -0.3 is 14.8 Å². The molecule has 4 aromatic carbocycles. The highest BCUT2D eigenvalue weighted by atomic mass is 32.2. The van der Waals surface area contributed by atoms with E-state index in [2.05, 4.69) is 15.8 Å². The van der Waals surface area contributed by atoms with Gasteiger partial charge in [-0.05, 0) is 97.3 Å². The number of sulfonamides is 1. The first-order chi connectivity index (χ1) is 20.7. The molecule has 0 heterocycles. The summed E-state index contributed by atoms with van der Waals surface area (Å²) in [6.07, 6.45) is 1.42. The summed E-state index contributed by atoms with van der Waals surface area (Å²) in [6.45, 7) is 3.04. The minimum absolute atomic E-state index is 0.0766. The summed E-state index contributed by atoms with van der Waals surface area (Å²) < 4.78 is 38.8. The monoisotopic (exact) mass is 600 g/mol. The first kappa shape index (κ1) is 30.8. The van der Waals surface area contributed by atoms with E-state index in [0.717, 1.165) is 15.4 Å². The van der Waals surface area contributed by atoms with Crippen molar-refractivity contribution in [1.82, 2.24) is 5.43 Å². The van der Waals surface area contributed by atoms with Gasteiger partial charge in [0, 0.05) is 5.69 Å². The van der Waals surface area contributed by atoms with Crippen LogP contribution in [0.4, 0.5) is 11.4 Å². The van der Waals surface area contributed by atoms with Gasteiger partial charge in [0.05, 0.1) is 23.9 Å². The lowest BCUT2D eigenvalue weighted by molar-refractivity contribution is -0.119. The summed E-state index contributed by atoms with van der Waals surface area (Å²) >= 11 is 0. The van der Waals surface area contributed by atoms with E-state index in [1.54, 1.807) is 86.0 Å². The molecule has 43 heavy (non-hydrogen) atoms. The highest BCUT2D eigenvalue weighted by Gasteiger charge is 2.28. The van der Waals surface area contributed by atoms with E-state index in [9.17, 15) is 18.0 Å². The Morgan fingerprint density at radius 2 is 1.51 bits per heavy atom. The number of hydrogen-bond acceptors (Lipinski definition) is 7. The van der Waals surface area contributed by atoms with Gasteiger partial charge in [0.15, 0.2) is 6.61 Å². The summed E-state index contributed by atoms with van der Waals surface area (Å²) in [5.41, 5.74) is 5.74. The molecule has 2 amide bonds. The van der Waals surface area contributed by atoms with E-state index in [-0.39, 0.29) is 17.4 Å². The first-order valence-corrected chi connectivity index (χ1v) is 14.7. The number of amides is 2. The molecule has 0 aliphatic rings. The fourth-order valence-electron chi connectivity index (χ4n) is 4.04. The minimum Gasteiger partial charge on any atom is -0.497 e. The molecule has 4 rings (SSSR count). The topological polar surface area (TPSA) is 126 Å². The van der Waals surface area contributed by atoms with Crippen molar-refractivity contribution in [3.05, 3.63) is 114 Å². The van der Waals surface area contributed by atoms with Crippen molar-refractivity contribution < 1.29 is 27.5 Å². The fourth-order valence-corrected chi connectivity index (χ4v) is 5.54. The van der Waals surface area contributed by atoms with Crippen molar-refractivity contribution in [3.8, 4) is 11.5 Å². The quantitative estimate of drug-likeness (QED) is 0.180. The van der Waals surface area contributed by atoms with Crippen molar-refractivity contribution in [2.75, 3.05) is 29.9 Å². The van der Waals surface area contributed by atoms with Crippen LogP contribution in [-0.4, -0.2) is 46.7 Å². The van der Waals surface area contributed by atoms with E-state index in [0.29, 0.717) is 28.4 Å². The van der Waals surface area contributed by atoms with Crippen molar-refractivity contribution in [2.45, 2.75) is 18.7 Å². The van der Waals surface area contributed by atoms with Gasteiger partial charge in [0.2, 0.25) is 0 Å². The molecule has 0 aliphatic carbocycles. The zero-order chi connectivity index (χ0) is 30.8. The Morgan fingerprint density at radius 1 is 0.837 bits per heavy atom. The van der Waals surface area contributed by atoms with Gasteiger partial charge in [-0.1, -0.05) is 30.3 Å². The second-order valence-electron chi connectivity index (χ2n) is 9.47. The lowest BCUT2D eigenvalue weighted by Gasteiger charge is -2.26. The molecule has 222 valence electrons. The van der Waals surface area contributed by atoms with Crippen LogP contribution in [0.15, 0.2) is 107 Å². The molecule has 4 aromatic rings. The molecule has 0 unspecified atom stereocenters. The smallest absolute Gasteiger partial charge is 0.264 e. The Balaban J connectivity index is 1.35. The zero-order valence-electron chi connectivity index (χ0n) is 24.0. The molecule has 0 aromatic heterocycles. The van der Waals surface area contributed by atoms with Crippen LogP contribution in [0.25, 0.3) is 0 Å². The lowest BCUT2D eigenvalue weighted by atomic mass is 10.1. The second-order valence-corrected chi connectivity index (χ2v) is 11.3. The lowest BCUT2D eigenvalue weighted by Crippen LogP contribution is -2.40. The standard InChI is InChI=1S/C32H32N4O6S/c1-23-8-7-11-30(24(23)2)36(43(39,40)29-9-5-4-6-10-29)21-31(37)35-33-20-25-12-16-28(17-13-25)42-22-32(38)34-26-14-18-27(41-3)19-15-26/h4-20H,21-22H2,1-3H3,(H,34,38)(H,35,37)/b33-20-. The van der Waals surface area contributed by atoms with Gasteiger partial charge >= 0.3 is 0 Å². The third-order valence-corrected chi connectivity index (χ3v) is 8.26. The Kier molecular flexibility index (Phi) is 10.1. The number of nitrogens with zero attached hydrogens (tertiary/aromatic N) is 2. The number of hydrazone groups is 1. The summed E-state index contributed by atoms with van der Waals surface area (Å²) in [4.78, 5) is 25.1. The van der Waals surface area contributed by atoms with Crippen LogP contribution < -0.4 is 24.5 Å². The summed E-state index contributed by atoms with van der Waals surface area (Å²) in [7, 11) is -2.46. The molecule has 0 radical (unpaired) electrons. The van der Waals surface area contributed by atoms with Gasteiger partial charge in [0.25, 0.3) is 21.8 Å². The van der Waals surface area contributed by atoms with Crippen LogP contribution in [0.2, 0.25) is 0 Å². The Hall–Kier alpha value is -5.16. The molecule has 0 spiro atoms. The molecule has 0 saturated heterocycles. The maximum Gasteiger partial charge on any atom is 0.264 e. The van der Waals surface area contributed by atoms with Crippen molar-refractivity contribution in [2.24, 2.45) is 5.10 Å². The SMILES string of the molecule is COc1ccc(NC(=O)COc2ccc(/C=N\NC(=O)CN(c3cccc(C)c3C)S(=O)(=O)c3ccccc3)cc2)cc1. The van der Waals surface area contributed by atoms with Gasteiger partial charge in [-0.15, -0.1) is 0 Å². The number of carbonyl (C=O) groups is 2. The number of carbonyl (C=O) groups excluding carboxylic acids is 2. The molecule has 0 fully saturated rings. The van der Waals surface area contributed by atoms with E-state index < -0.39 is 22.5 Å². The third-order valence-electron chi connectivity index (χ3n) is 6.49. The number of rotatable bonds is 12. The summed E-state index contributed by atoms with van der Waals surface area (Å²) in [5.74, 6) is 0.233. The zero-order valence-corrected chi connectivity index (χ0v) is 24.8. The largest absolute Gasteiger partial charge is 0.497 e. The van der Waals surface area contributed by atoms with Crippen molar-refractivity contribution in [1.29, 1.82) is 0 Å². The molecule has 0 saturated carbocycles. The van der Waals surface area contributed by atoms with E-state index in [1.165, 1.54) is 18.3 Å². The van der Waals surface area contributed by atoms with Gasteiger partial charge in [-0.3, -0.25) is 13.9 Å². The number of hydrogen-bond donors (Lipinski definition) is 2. The average molecular weight is 601 g/mol. The Bertz CT molecular complexity index is 1690. The fraction of sp³-hybridized carbons (Fsp3) is 0.156. The minimum atomic E-state index is -4.03. The first-order valence-electron chi connectivity index (χ1n) is 13.3. The molecule has 2 N–H and O–H groups in total. The van der Waals surface area contributed by atoms with Crippen LogP contribution in [0.3, 0.4) is 0 Å². The number of nitrogens with one attached hydrogen (secondary N) is 2. The summed E-state index contributed by atoms with van der Waals surface area (Å²) in [6, 6.07) is 27.0. The molecule has 0 bridgehead atoms. The van der Waals surface area contributed by atoms with Crippen LogP contribution in [0.5, 0.6) is 11.5 Å². The molecular formula is C32H32N4O6S. The number of aryl methyl sites for hydroxylation is 1. The Labute approximate surface area is 251 Å². The highest BCUT2D eigenvalue weighted by molar-refractivity contribution is 7.92. The van der Waals surface area contributed by atoms with Crippen LogP contribution in [0.1, 0.15) is 16.7 Å². The predicted octanol–water partition coefficient (Wildman–Crippen LogP) is 4.68. The second kappa shape index (κ2) is 14.1. The van der Waals surface area contributed by atoms with Gasteiger partial charge in [-0.25, -0.2) is 13.8 Å². The van der Waals surface area contributed by atoms with Crippen molar-refractivity contribution in [3.63, 3.8) is 0 Å². The number of methoxy groups -OCH3 is 1. The normalized spacial score (nSPS) is 11.1. The molecule has 11 heteroatoms. The maximum atomic E-state index is 13.5. The molecule has 0 atom stereocenters. The molecule has 10 nitrogen and oxygen atoms in total. The van der Waals surface area contributed by atoms with Crippen LogP contribution in [0, 0.1) is 13.8 Å². The average Bonchev–Trinajstić information content (AvgIpc) is 3.02. The molecule has 0 aliphatic heterocycles. The van der Waals surface area contributed by atoms with E-state index in [1.807, 2.05) is 19.9 Å². The predicted molar refractivity (Wildman–Crippen MR) is 166 cm³/mol. The highest BCUT2D eigenvalue weighted by Crippen LogP contribution is 2.28. The van der Waals surface area contributed by atoms with Gasteiger partial charge in [0.1, 0.15) is 18.0 Å². The van der Waals surface area contributed by atoms with E-state index >= 15 is 0 Å². The number of ether oxygens (including phenoxy) is 2. The van der Waals surface area contributed by atoms with Crippen LogP contribution >= 0.6 is 0 Å².